The van der Waals surface area contributed by atoms with E-state index in [9.17, 15) is 9.59 Å². The molecule has 0 saturated carbocycles. The highest BCUT2D eigenvalue weighted by Crippen LogP contribution is 2.34. The highest BCUT2D eigenvalue weighted by atomic mass is 35.6. The van der Waals surface area contributed by atoms with Crippen molar-refractivity contribution in [1.29, 1.82) is 0 Å². The van der Waals surface area contributed by atoms with Crippen LogP contribution < -0.4 is 5.32 Å². The summed E-state index contributed by atoms with van der Waals surface area (Å²) in [5.41, 5.74) is 1.11. The second kappa shape index (κ2) is 23.0. The van der Waals surface area contributed by atoms with Crippen LogP contribution in [0.15, 0.2) is 42.5 Å². The molecule has 9 nitrogen and oxygen atoms in total. The fraction of sp³-hybridized carbons (Fsp3) is 0.667. The van der Waals surface area contributed by atoms with E-state index in [1.807, 2.05) is 43.3 Å². The maximum atomic E-state index is 13.0. The molecular formula is C30H46Cl3NO8. The molecule has 42 heavy (non-hydrogen) atoms. The lowest BCUT2D eigenvalue weighted by molar-refractivity contribution is -0.142. The van der Waals surface area contributed by atoms with E-state index in [-0.39, 0.29) is 38.4 Å². The number of esters is 1. The Morgan fingerprint density at radius 3 is 2.29 bits per heavy atom. The van der Waals surface area contributed by atoms with Gasteiger partial charge < -0.3 is 33.7 Å². The first-order valence-electron chi connectivity index (χ1n) is 14.0. The van der Waals surface area contributed by atoms with E-state index >= 15 is 0 Å². The monoisotopic (exact) mass is 653 g/mol. The van der Waals surface area contributed by atoms with E-state index in [4.69, 9.17) is 63.2 Å². The molecule has 0 aromatic heterocycles. The fourth-order valence-corrected chi connectivity index (χ4v) is 4.83. The van der Waals surface area contributed by atoms with E-state index < -0.39 is 27.6 Å². The molecule has 1 N–H and O–H groups in total. The third-order valence-corrected chi connectivity index (χ3v) is 7.27. The number of carbonyl (C=O) groups is 2. The molecule has 1 aromatic rings. The van der Waals surface area contributed by atoms with Crippen LogP contribution in [0.2, 0.25) is 0 Å². The van der Waals surface area contributed by atoms with Gasteiger partial charge in [0.15, 0.2) is 0 Å². The molecule has 1 aromatic carbocycles. The van der Waals surface area contributed by atoms with Crippen molar-refractivity contribution in [2.75, 3.05) is 54.7 Å². The Morgan fingerprint density at radius 2 is 1.67 bits per heavy atom. The van der Waals surface area contributed by atoms with Crippen molar-refractivity contribution in [2.45, 2.75) is 55.5 Å². The second-order valence-corrected chi connectivity index (χ2v) is 12.1. The fourth-order valence-electron chi connectivity index (χ4n) is 4.67. The number of carbonyl (C=O) groups excluding carboxylic acids is 2. The number of unbranched alkanes of at least 4 members (excludes halogenated alkanes) is 1. The summed E-state index contributed by atoms with van der Waals surface area (Å²) in [5.74, 6) is -1.87. The summed E-state index contributed by atoms with van der Waals surface area (Å²) in [7, 11) is 4.40. The maximum absolute atomic E-state index is 13.0. The summed E-state index contributed by atoms with van der Waals surface area (Å²) in [6.45, 7) is 4.03. The summed E-state index contributed by atoms with van der Waals surface area (Å²) in [6.07, 6.45) is 6.63. The molecule has 0 aliphatic carbocycles. The molecule has 0 fully saturated rings. The van der Waals surface area contributed by atoms with Crippen LogP contribution in [0, 0.1) is 17.8 Å². The van der Waals surface area contributed by atoms with Crippen molar-refractivity contribution in [3.05, 3.63) is 48.0 Å². The molecule has 0 spiro atoms. The van der Waals surface area contributed by atoms with Gasteiger partial charge in [-0.05, 0) is 30.2 Å². The molecule has 1 amide bonds. The third kappa shape index (κ3) is 16.4. The summed E-state index contributed by atoms with van der Waals surface area (Å²) in [4.78, 5) is 25.5. The lowest BCUT2D eigenvalue weighted by Gasteiger charge is -2.38. The van der Waals surface area contributed by atoms with Crippen LogP contribution in [0.3, 0.4) is 0 Å². The lowest BCUT2D eigenvalue weighted by atomic mass is 9.75. The van der Waals surface area contributed by atoms with Crippen molar-refractivity contribution in [2.24, 2.45) is 17.8 Å². The van der Waals surface area contributed by atoms with Gasteiger partial charge in [0.25, 0.3) is 9.70 Å². The van der Waals surface area contributed by atoms with Gasteiger partial charge in [0.05, 0.1) is 33.4 Å². The van der Waals surface area contributed by atoms with Crippen molar-refractivity contribution < 1.29 is 38.0 Å². The van der Waals surface area contributed by atoms with Crippen molar-refractivity contribution >= 4 is 46.7 Å². The maximum Gasteiger partial charge on any atom is 0.306 e. The molecule has 240 valence electrons. The van der Waals surface area contributed by atoms with E-state index in [0.717, 1.165) is 24.8 Å². The molecule has 1 rings (SSSR count). The number of ether oxygens (including phenoxy) is 6. The molecule has 0 bridgehead atoms. The number of alkyl halides is 3. The minimum Gasteiger partial charge on any atom is -0.469 e. The van der Waals surface area contributed by atoms with Crippen LogP contribution in [0.5, 0.6) is 0 Å². The number of benzene rings is 1. The van der Waals surface area contributed by atoms with Crippen LogP contribution >= 0.6 is 34.8 Å². The molecule has 4 atom stereocenters. The van der Waals surface area contributed by atoms with Crippen LogP contribution in [0.25, 0.3) is 0 Å². The van der Waals surface area contributed by atoms with E-state index in [1.54, 1.807) is 13.2 Å². The Balaban J connectivity index is 3.23. The largest absolute Gasteiger partial charge is 0.469 e. The molecule has 0 unspecified atom stereocenters. The van der Waals surface area contributed by atoms with Crippen LogP contribution in [0.1, 0.15) is 44.6 Å². The van der Waals surface area contributed by atoms with Gasteiger partial charge >= 0.3 is 5.97 Å². The number of amides is 1. The predicted octanol–water partition coefficient (Wildman–Crippen LogP) is 5.85. The quantitative estimate of drug-likeness (QED) is 0.0516. The van der Waals surface area contributed by atoms with Crippen LogP contribution in [-0.4, -0.2) is 76.4 Å². The van der Waals surface area contributed by atoms with Crippen molar-refractivity contribution in [1.82, 2.24) is 5.32 Å². The van der Waals surface area contributed by atoms with Gasteiger partial charge in [0.1, 0.15) is 13.6 Å². The first-order chi connectivity index (χ1) is 20.2. The molecule has 0 heterocycles. The predicted molar refractivity (Wildman–Crippen MR) is 164 cm³/mol. The topological polar surface area (TPSA) is 102 Å². The Hall–Kier alpha value is -1.43. The summed E-state index contributed by atoms with van der Waals surface area (Å²) >= 11 is 17.9. The van der Waals surface area contributed by atoms with Crippen molar-refractivity contribution in [3.8, 4) is 0 Å². The van der Waals surface area contributed by atoms with Gasteiger partial charge in [0.2, 0.25) is 0 Å². The van der Waals surface area contributed by atoms with Gasteiger partial charge in [-0.15, -0.1) is 0 Å². The average Bonchev–Trinajstić information content (AvgIpc) is 2.97. The zero-order valence-electron chi connectivity index (χ0n) is 25.0. The number of hydrogen-bond acceptors (Lipinski definition) is 8. The highest BCUT2D eigenvalue weighted by molar-refractivity contribution is 6.76. The number of halogens is 3. The smallest absolute Gasteiger partial charge is 0.306 e. The van der Waals surface area contributed by atoms with Gasteiger partial charge in [-0.3, -0.25) is 9.59 Å². The number of rotatable bonds is 23. The Kier molecular flexibility index (Phi) is 21.2. The number of nitrogens with one attached hydrogen (secondary N) is 1. The molecule has 12 heteroatoms. The standard InChI is InChI=1S/C30H46Cl3NO8/c1-5-24(20-42-22-38-3)26(15-9-10-16-40-19-23-12-7-6-8-13-23)28(34-29(36)30(31,32)33)25(18-27(35)39-4)14-11-17-41-21-37-2/h6-8,11-14,24-26,28H,5,9-10,15-22H2,1-4H3,(H,34,36)/b14-11+/t24-,25+,26+,28-/m0/s1. The molecular weight excluding hydrogens is 609 g/mol. The number of methoxy groups -OCH3 is 3. The molecule has 0 saturated heterocycles. The Morgan fingerprint density at radius 1 is 0.976 bits per heavy atom. The van der Waals surface area contributed by atoms with Gasteiger partial charge in [-0.2, -0.15) is 0 Å². The summed E-state index contributed by atoms with van der Waals surface area (Å²) < 4.78 is 29.8. The molecule has 0 aliphatic rings. The number of hydrogen-bond donors (Lipinski definition) is 1. The molecule has 0 radical (unpaired) electrons. The minimum atomic E-state index is -2.19. The average molecular weight is 655 g/mol. The van der Waals surface area contributed by atoms with E-state index in [0.29, 0.717) is 26.2 Å². The highest BCUT2D eigenvalue weighted by Gasteiger charge is 2.39. The SMILES string of the molecule is CC[C@@H](COCOC)[C@@H](CCCCOCc1ccccc1)[C@@H](NC(=O)C(Cl)(Cl)Cl)[C@H](/C=C/COCOC)CC(=O)OC. The van der Waals surface area contributed by atoms with Gasteiger partial charge in [-0.1, -0.05) is 97.1 Å². The van der Waals surface area contributed by atoms with Crippen molar-refractivity contribution in [3.63, 3.8) is 0 Å². The Labute approximate surface area is 265 Å². The van der Waals surface area contributed by atoms with E-state index in [2.05, 4.69) is 5.32 Å². The zero-order valence-corrected chi connectivity index (χ0v) is 27.3. The van der Waals surface area contributed by atoms with Crippen LogP contribution in [-0.2, 0) is 44.6 Å². The summed E-state index contributed by atoms with van der Waals surface area (Å²) in [6, 6.07) is 9.39. The normalized spacial score (nSPS) is 14.8. The lowest BCUT2D eigenvalue weighted by Crippen LogP contribution is -2.51. The second-order valence-electron chi connectivity index (χ2n) is 9.79. The zero-order chi connectivity index (χ0) is 31.2. The molecule has 0 aliphatic heterocycles. The first kappa shape index (κ1) is 38.6. The third-order valence-electron chi connectivity index (χ3n) is 6.76. The van der Waals surface area contributed by atoms with Crippen LogP contribution in [0.4, 0.5) is 0 Å². The van der Waals surface area contributed by atoms with Gasteiger partial charge in [-0.25, -0.2) is 0 Å². The Bertz CT molecular complexity index is 885. The summed E-state index contributed by atoms with van der Waals surface area (Å²) in [5, 5.41) is 2.94. The first-order valence-corrected chi connectivity index (χ1v) is 15.2. The van der Waals surface area contributed by atoms with Gasteiger partial charge in [0, 0.05) is 32.8 Å². The van der Waals surface area contributed by atoms with E-state index in [1.165, 1.54) is 14.2 Å². The minimum absolute atomic E-state index is 0.00582.